The summed E-state index contributed by atoms with van der Waals surface area (Å²) in [5.74, 6) is -0.966. The molecule has 0 saturated carbocycles. The average Bonchev–Trinajstić information content (AvgIpc) is 2.60. The number of ether oxygens (including phenoxy) is 1. The van der Waals surface area contributed by atoms with Crippen molar-refractivity contribution >= 4 is 34.8 Å². The van der Waals surface area contributed by atoms with Gasteiger partial charge in [0.2, 0.25) is 0 Å². The van der Waals surface area contributed by atoms with Gasteiger partial charge in [0.1, 0.15) is 6.10 Å². The molecule has 0 atom stereocenters. The van der Waals surface area contributed by atoms with Gasteiger partial charge in [0, 0.05) is 18.1 Å². The number of carbonyl (C=O) groups is 1. The summed E-state index contributed by atoms with van der Waals surface area (Å²) in [7, 11) is 2.05. The molecule has 1 aliphatic heterocycles. The minimum Gasteiger partial charge on any atom is -0.487 e. The predicted molar refractivity (Wildman–Crippen MR) is 102 cm³/mol. The monoisotopic (exact) mass is 396 g/mol. The van der Waals surface area contributed by atoms with Gasteiger partial charge in [-0.05, 0) is 50.2 Å². The topological polar surface area (TPSA) is 41.6 Å². The average molecular weight is 397 g/mol. The quantitative estimate of drug-likeness (QED) is 0.802. The van der Waals surface area contributed by atoms with E-state index >= 15 is 0 Å². The summed E-state index contributed by atoms with van der Waals surface area (Å²) in [6.07, 6.45) is 1.65. The SMILES string of the molecule is CN1CCC(Oc2cccc(NC(=O)c3ccc(Cl)cc3Cl)c2F)CC1. The molecule has 0 radical (unpaired) electrons. The molecule has 1 amide bonds. The molecule has 1 saturated heterocycles. The third kappa shape index (κ3) is 4.47. The Kier molecular flexibility index (Phi) is 6.01. The van der Waals surface area contributed by atoms with Gasteiger partial charge < -0.3 is 15.0 Å². The fraction of sp³-hybridized carbons (Fsp3) is 0.316. The number of nitrogens with one attached hydrogen (secondary N) is 1. The van der Waals surface area contributed by atoms with Crippen molar-refractivity contribution in [1.29, 1.82) is 0 Å². The third-order valence-corrected chi connectivity index (χ3v) is 4.89. The Morgan fingerprint density at radius 2 is 1.96 bits per heavy atom. The lowest BCUT2D eigenvalue weighted by Crippen LogP contribution is -2.35. The van der Waals surface area contributed by atoms with Crippen LogP contribution in [-0.4, -0.2) is 37.0 Å². The van der Waals surface area contributed by atoms with Crippen LogP contribution in [0.25, 0.3) is 0 Å². The van der Waals surface area contributed by atoms with E-state index in [1.807, 2.05) is 0 Å². The van der Waals surface area contributed by atoms with E-state index in [4.69, 9.17) is 27.9 Å². The molecule has 0 bridgehead atoms. The molecule has 2 aromatic carbocycles. The van der Waals surface area contributed by atoms with Crippen molar-refractivity contribution in [3.8, 4) is 5.75 Å². The standard InChI is InChI=1S/C19H19Cl2FN2O2/c1-24-9-7-13(8-10-24)26-17-4-2-3-16(18(17)22)23-19(25)14-6-5-12(20)11-15(14)21/h2-6,11,13H,7-10H2,1H3,(H,23,25). The van der Waals surface area contributed by atoms with Gasteiger partial charge in [-0.3, -0.25) is 4.79 Å². The zero-order chi connectivity index (χ0) is 18.7. The van der Waals surface area contributed by atoms with E-state index in [-0.39, 0.29) is 28.1 Å². The van der Waals surface area contributed by atoms with Crippen LogP contribution < -0.4 is 10.1 Å². The first-order valence-corrected chi connectivity index (χ1v) is 9.10. The van der Waals surface area contributed by atoms with E-state index in [1.165, 1.54) is 18.2 Å². The number of carbonyl (C=O) groups excluding carboxylic acids is 1. The van der Waals surface area contributed by atoms with Crippen molar-refractivity contribution in [1.82, 2.24) is 4.90 Å². The Bertz CT molecular complexity index is 808. The highest BCUT2D eigenvalue weighted by Gasteiger charge is 2.21. The van der Waals surface area contributed by atoms with Crippen molar-refractivity contribution in [2.75, 3.05) is 25.5 Å². The molecule has 0 aromatic heterocycles. The number of rotatable bonds is 4. The molecule has 0 unspecified atom stereocenters. The number of hydrogen-bond acceptors (Lipinski definition) is 3. The highest BCUT2D eigenvalue weighted by atomic mass is 35.5. The fourth-order valence-corrected chi connectivity index (χ4v) is 3.34. The van der Waals surface area contributed by atoms with E-state index < -0.39 is 11.7 Å². The molecule has 7 heteroatoms. The summed E-state index contributed by atoms with van der Waals surface area (Å²) in [5.41, 5.74) is 0.267. The van der Waals surface area contributed by atoms with Crippen LogP contribution in [0.5, 0.6) is 5.75 Å². The highest BCUT2D eigenvalue weighted by molar-refractivity contribution is 6.37. The third-order valence-electron chi connectivity index (χ3n) is 4.35. The van der Waals surface area contributed by atoms with Gasteiger partial charge in [-0.1, -0.05) is 29.3 Å². The highest BCUT2D eigenvalue weighted by Crippen LogP contribution is 2.28. The lowest BCUT2D eigenvalue weighted by atomic mass is 10.1. The molecule has 2 aromatic rings. The lowest BCUT2D eigenvalue weighted by molar-refractivity contribution is 0.102. The fourth-order valence-electron chi connectivity index (χ4n) is 2.84. The number of hydrogen-bond donors (Lipinski definition) is 1. The second-order valence-corrected chi connectivity index (χ2v) is 7.16. The molecule has 1 aliphatic rings. The van der Waals surface area contributed by atoms with Crippen molar-refractivity contribution in [2.45, 2.75) is 18.9 Å². The van der Waals surface area contributed by atoms with Gasteiger partial charge in [0.25, 0.3) is 5.91 Å². The van der Waals surface area contributed by atoms with Gasteiger partial charge in [0.05, 0.1) is 16.3 Å². The van der Waals surface area contributed by atoms with E-state index in [9.17, 15) is 9.18 Å². The van der Waals surface area contributed by atoms with Crippen LogP contribution in [0.15, 0.2) is 36.4 Å². The van der Waals surface area contributed by atoms with Gasteiger partial charge in [-0.15, -0.1) is 0 Å². The molecule has 26 heavy (non-hydrogen) atoms. The van der Waals surface area contributed by atoms with Crippen LogP contribution in [0.4, 0.5) is 10.1 Å². The zero-order valence-electron chi connectivity index (χ0n) is 14.3. The molecule has 4 nitrogen and oxygen atoms in total. The lowest BCUT2D eigenvalue weighted by Gasteiger charge is -2.29. The van der Waals surface area contributed by atoms with Crippen LogP contribution in [0, 0.1) is 5.82 Å². The molecule has 138 valence electrons. The smallest absolute Gasteiger partial charge is 0.257 e. The summed E-state index contributed by atoms with van der Waals surface area (Å²) in [5, 5.41) is 3.17. The molecule has 1 heterocycles. The minimum atomic E-state index is -0.593. The Morgan fingerprint density at radius 1 is 1.23 bits per heavy atom. The minimum absolute atomic E-state index is 0.0302. The number of piperidine rings is 1. The summed E-state index contributed by atoms with van der Waals surface area (Å²) in [6.45, 7) is 1.83. The Balaban J connectivity index is 1.73. The van der Waals surface area contributed by atoms with Crippen LogP contribution in [0.1, 0.15) is 23.2 Å². The van der Waals surface area contributed by atoms with Gasteiger partial charge >= 0.3 is 0 Å². The van der Waals surface area contributed by atoms with Gasteiger partial charge in [0.15, 0.2) is 11.6 Å². The maximum atomic E-state index is 14.7. The van der Waals surface area contributed by atoms with Crippen LogP contribution in [0.3, 0.4) is 0 Å². The van der Waals surface area contributed by atoms with Crippen molar-refractivity contribution in [3.63, 3.8) is 0 Å². The largest absolute Gasteiger partial charge is 0.487 e. The summed E-state index contributed by atoms with van der Waals surface area (Å²) >= 11 is 11.9. The number of anilines is 1. The van der Waals surface area contributed by atoms with E-state index in [0.717, 1.165) is 25.9 Å². The molecule has 0 spiro atoms. The first kappa shape index (κ1) is 19.0. The van der Waals surface area contributed by atoms with E-state index in [2.05, 4.69) is 17.3 Å². The number of likely N-dealkylation sites (tertiary alicyclic amines) is 1. The number of halogens is 3. The molecular formula is C19H19Cl2FN2O2. The Hall–Kier alpha value is -1.82. The maximum absolute atomic E-state index is 14.7. The Morgan fingerprint density at radius 3 is 2.65 bits per heavy atom. The molecule has 1 N–H and O–H groups in total. The first-order chi connectivity index (χ1) is 12.4. The van der Waals surface area contributed by atoms with Crippen LogP contribution in [-0.2, 0) is 0 Å². The summed E-state index contributed by atoms with van der Waals surface area (Å²) in [6, 6.07) is 9.21. The second kappa shape index (κ2) is 8.25. The van der Waals surface area contributed by atoms with Crippen LogP contribution in [0.2, 0.25) is 10.0 Å². The molecular weight excluding hydrogens is 378 g/mol. The van der Waals surface area contributed by atoms with Crippen LogP contribution >= 0.6 is 23.2 Å². The van der Waals surface area contributed by atoms with Gasteiger partial charge in [-0.2, -0.15) is 0 Å². The summed E-state index contributed by atoms with van der Waals surface area (Å²) in [4.78, 5) is 14.6. The first-order valence-electron chi connectivity index (χ1n) is 8.34. The molecule has 3 rings (SSSR count). The van der Waals surface area contributed by atoms with Gasteiger partial charge in [-0.25, -0.2) is 4.39 Å². The van der Waals surface area contributed by atoms with Crippen molar-refractivity contribution in [3.05, 3.63) is 57.8 Å². The maximum Gasteiger partial charge on any atom is 0.257 e. The second-order valence-electron chi connectivity index (χ2n) is 6.32. The normalized spacial score (nSPS) is 15.7. The molecule has 0 aliphatic carbocycles. The number of benzene rings is 2. The number of amides is 1. The van der Waals surface area contributed by atoms with E-state index in [0.29, 0.717) is 5.02 Å². The Labute approximate surface area is 161 Å². The number of nitrogens with zero attached hydrogens (tertiary/aromatic N) is 1. The summed E-state index contributed by atoms with van der Waals surface area (Å²) < 4.78 is 20.5. The molecule has 1 fully saturated rings. The van der Waals surface area contributed by atoms with E-state index in [1.54, 1.807) is 18.2 Å². The zero-order valence-corrected chi connectivity index (χ0v) is 15.8. The predicted octanol–water partition coefficient (Wildman–Crippen LogP) is 4.86. The van der Waals surface area contributed by atoms with Crippen molar-refractivity contribution < 1.29 is 13.9 Å². The van der Waals surface area contributed by atoms with Crippen molar-refractivity contribution in [2.24, 2.45) is 0 Å².